The molecule has 1 aromatic heterocycles. The molecule has 3 aromatic rings. The van der Waals surface area contributed by atoms with Gasteiger partial charge in [-0.2, -0.15) is 5.26 Å². The summed E-state index contributed by atoms with van der Waals surface area (Å²) in [6.07, 6.45) is 2.92. The number of aryl methyl sites for hydroxylation is 1. The molecule has 0 amide bonds. The first-order valence-electron chi connectivity index (χ1n) is 9.08. The number of ether oxygens (including phenoxy) is 1. The molecule has 3 nitrogen and oxygen atoms in total. The summed E-state index contributed by atoms with van der Waals surface area (Å²) >= 11 is 5.49. The van der Waals surface area contributed by atoms with Crippen LogP contribution < -0.4 is 4.74 Å². The summed E-state index contributed by atoms with van der Waals surface area (Å²) in [6.45, 7) is 0. The van der Waals surface area contributed by atoms with Gasteiger partial charge in [0.2, 0.25) is 0 Å². The summed E-state index contributed by atoms with van der Waals surface area (Å²) in [7, 11) is 1.65. The average molecular weight is 372 g/mol. The highest BCUT2D eigenvalue weighted by molar-refractivity contribution is 7.71. The number of fused-ring (bicyclic) bond motifs is 1. The lowest BCUT2D eigenvalue weighted by molar-refractivity contribution is 0.415. The van der Waals surface area contributed by atoms with E-state index in [-0.39, 0.29) is 0 Å². The number of rotatable bonds is 3. The van der Waals surface area contributed by atoms with Crippen LogP contribution in [0.15, 0.2) is 54.6 Å². The van der Waals surface area contributed by atoms with E-state index >= 15 is 0 Å². The monoisotopic (exact) mass is 372 g/mol. The van der Waals surface area contributed by atoms with Crippen molar-refractivity contribution >= 4 is 12.2 Å². The molecule has 1 N–H and O–H groups in total. The average Bonchev–Trinajstić information content (AvgIpc) is 2.73. The van der Waals surface area contributed by atoms with Crippen molar-refractivity contribution in [2.75, 3.05) is 7.11 Å². The molecule has 134 valence electrons. The second-order valence-electron chi connectivity index (χ2n) is 6.85. The maximum absolute atomic E-state index is 9.78. The molecule has 0 aliphatic heterocycles. The van der Waals surface area contributed by atoms with Crippen molar-refractivity contribution in [3.63, 3.8) is 0 Å². The molecular weight excluding hydrogens is 352 g/mol. The molecule has 4 heteroatoms. The number of aromatic amines is 1. The highest BCUT2D eigenvalue weighted by Crippen LogP contribution is 2.39. The number of pyridine rings is 1. The highest BCUT2D eigenvalue weighted by atomic mass is 32.1. The number of nitrogens with zero attached hydrogens (tertiary/aromatic N) is 1. The van der Waals surface area contributed by atoms with Crippen molar-refractivity contribution in [1.29, 1.82) is 5.26 Å². The fourth-order valence-corrected chi connectivity index (χ4v) is 4.26. The third-order valence-corrected chi connectivity index (χ3v) is 5.67. The summed E-state index contributed by atoms with van der Waals surface area (Å²) in [4.78, 5) is 3.32. The minimum Gasteiger partial charge on any atom is -0.497 e. The van der Waals surface area contributed by atoms with Crippen LogP contribution >= 0.6 is 12.2 Å². The minimum atomic E-state index is 0.451. The standard InChI is InChI=1S/C23H20N2OS/c1-26-18-10-7-16(8-11-18)22-19-13-17(15-5-3-2-4-6-15)9-12-21(19)25-23(27)20(22)14-24/h2-8,10-11,17H,9,12-13H2,1H3,(H,25,27)/t17-/m0/s1. The number of aromatic nitrogens is 1. The number of benzene rings is 2. The summed E-state index contributed by atoms with van der Waals surface area (Å²) in [5.74, 6) is 1.25. The minimum absolute atomic E-state index is 0.451. The third kappa shape index (κ3) is 3.27. The van der Waals surface area contributed by atoms with Gasteiger partial charge in [-0.3, -0.25) is 0 Å². The molecule has 1 atom stereocenters. The molecule has 1 aliphatic carbocycles. The van der Waals surface area contributed by atoms with Gasteiger partial charge in [-0.15, -0.1) is 0 Å². The van der Waals surface area contributed by atoms with Gasteiger partial charge in [-0.1, -0.05) is 54.7 Å². The summed E-state index contributed by atoms with van der Waals surface area (Å²) < 4.78 is 5.81. The van der Waals surface area contributed by atoms with E-state index in [1.54, 1.807) is 7.11 Å². The Balaban J connectivity index is 1.86. The van der Waals surface area contributed by atoms with Crippen LogP contribution in [0.4, 0.5) is 0 Å². The van der Waals surface area contributed by atoms with E-state index in [2.05, 4.69) is 35.3 Å². The topological polar surface area (TPSA) is 48.8 Å². The Bertz CT molecular complexity index is 1060. The largest absolute Gasteiger partial charge is 0.497 e. The first-order chi connectivity index (χ1) is 13.2. The SMILES string of the molecule is COc1ccc(-c2c3c([nH]c(=S)c2C#N)CC[C@H](c2ccccc2)C3)cc1. The van der Waals surface area contributed by atoms with Crippen LogP contribution in [0.25, 0.3) is 11.1 Å². The van der Waals surface area contributed by atoms with Gasteiger partial charge < -0.3 is 9.72 Å². The van der Waals surface area contributed by atoms with Crippen LogP contribution in [0.3, 0.4) is 0 Å². The van der Waals surface area contributed by atoms with Crippen molar-refractivity contribution in [3.8, 4) is 22.9 Å². The van der Waals surface area contributed by atoms with Gasteiger partial charge in [0.25, 0.3) is 0 Å². The molecule has 1 aliphatic rings. The molecule has 0 fully saturated rings. The van der Waals surface area contributed by atoms with Crippen LogP contribution in [0, 0.1) is 16.0 Å². The fraction of sp³-hybridized carbons (Fsp3) is 0.217. The number of hydrogen-bond donors (Lipinski definition) is 1. The molecule has 2 aromatic carbocycles. The van der Waals surface area contributed by atoms with E-state index in [4.69, 9.17) is 17.0 Å². The number of nitriles is 1. The van der Waals surface area contributed by atoms with Crippen molar-refractivity contribution in [3.05, 3.63) is 81.6 Å². The van der Waals surface area contributed by atoms with Crippen molar-refractivity contribution in [2.45, 2.75) is 25.2 Å². The summed E-state index contributed by atoms with van der Waals surface area (Å²) in [6, 6.07) is 20.8. The normalized spacial score (nSPS) is 15.6. The first kappa shape index (κ1) is 17.5. The predicted octanol–water partition coefficient (Wildman–Crippen LogP) is 5.56. The molecule has 0 saturated heterocycles. The Labute approximate surface area is 164 Å². The quantitative estimate of drug-likeness (QED) is 0.612. The molecule has 0 bridgehead atoms. The van der Waals surface area contributed by atoms with Gasteiger partial charge >= 0.3 is 0 Å². The zero-order valence-electron chi connectivity index (χ0n) is 15.2. The second kappa shape index (κ2) is 7.38. The van der Waals surface area contributed by atoms with E-state index in [9.17, 15) is 5.26 Å². The lowest BCUT2D eigenvalue weighted by Crippen LogP contribution is -2.16. The summed E-state index contributed by atoms with van der Waals surface area (Å²) in [5, 5.41) is 9.78. The maximum atomic E-state index is 9.78. The smallest absolute Gasteiger partial charge is 0.122 e. The summed E-state index contributed by atoms with van der Waals surface area (Å²) in [5.41, 5.74) is 6.27. The Kier molecular flexibility index (Phi) is 4.79. The number of nitrogens with one attached hydrogen (secondary N) is 1. The lowest BCUT2D eigenvalue weighted by atomic mass is 9.78. The van der Waals surface area contributed by atoms with E-state index in [1.807, 2.05) is 30.3 Å². The van der Waals surface area contributed by atoms with Gasteiger partial charge in [0, 0.05) is 11.3 Å². The number of hydrogen-bond acceptors (Lipinski definition) is 3. The van der Waals surface area contributed by atoms with Crippen LogP contribution in [0.1, 0.15) is 34.7 Å². The second-order valence-corrected chi connectivity index (χ2v) is 7.26. The van der Waals surface area contributed by atoms with Crippen LogP contribution in [-0.2, 0) is 12.8 Å². The van der Waals surface area contributed by atoms with Crippen molar-refractivity contribution in [2.24, 2.45) is 0 Å². The maximum Gasteiger partial charge on any atom is 0.122 e. The van der Waals surface area contributed by atoms with Gasteiger partial charge in [-0.05, 0) is 54.0 Å². The molecule has 0 saturated carbocycles. The van der Waals surface area contributed by atoms with Gasteiger partial charge in [0.15, 0.2) is 0 Å². The van der Waals surface area contributed by atoms with Crippen molar-refractivity contribution < 1.29 is 4.74 Å². The molecule has 0 unspecified atom stereocenters. The van der Waals surface area contributed by atoms with Gasteiger partial charge in [0.1, 0.15) is 16.5 Å². The molecule has 27 heavy (non-hydrogen) atoms. The molecular formula is C23H20N2OS. The van der Waals surface area contributed by atoms with Crippen LogP contribution in [0.5, 0.6) is 5.75 Å². The van der Waals surface area contributed by atoms with E-state index in [1.165, 1.54) is 11.1 Å². The van der Waals surface area contributed by atoms with E-state index in [0.29, 0.717) is 16.1 Å². The Morgan fingerprint density at radius 2 is 1.85 bits per heavy atom. The first-order valence-corrected chi connectivity index (χ1v) is 9.49. The zero-order valence-corrected chi connectivity index (χ0v) is 16.0. The number of methoxy groups -OCH3 is 1. The molecule has 0 spiro atoms. The van der Waals surface area contributed by atoms with Gasteiger partial charge in [-0.25, -0.2) is 0 Å². The Hall–Kier alpha value is -2.90. The van der Waals surface area contributed by atoms with E-state index in [0.717, 1.165) is 41.8 Å². The highest BCUT2D eigenvalue weighted by Gasteiger charge is 2.26. The fourth-order valence-electron chi connectivity index (χ4n) is 3.99. The Morgan fingerprint density at radius 3 is 2.52 bits per heavy atom. The third-order valence-electron chi connectivity index (χ3n) is 5.36. The molecule has 4 rings (SSSR count). The molecule has 1 heterocycles. The Morgan fingerprint density at radius 1 is 1.11 bits per heavy atom. The van der Waals surface area contributed by atoms with Crippen molar-refractivity contribution in [1.82, 2.24) is 4.98 Å². The van der Waals surface area contributed by atoms with E-state index < -0.39 is 0 Å². The predicted molar refractivity (Wildman–Crippen MR) is 110 cm³/mol. The zero-order chi connectivity index (χ0) is 18.8. The molecule has 0 radical (unpaired) electrons. The van der Waals surface area contributed by atoms with Gasteiger partial charge in [0.05, 0.1) is 12.7 Å². The van der Waals surface area contributed by atoms with Crippen LogP contribution in [0.2, 0.25) is 0 Å². The van der Waals surface area contributed by atoms with Crippen LogP contribution in [-0.4, -0.2) is 12.1 Å². The number of H-pyrrole nitrogens is 1. The lowest BCUT2D eigenvalue weighted by Gasteiger charge is -2.27.